The van der Waals surface area contributed by atoms with Gasteiger partial charge in [0.05, 0.1) is 36.4 Å². The number of aromatic nitrogens is 2. The minimum atomic E-state index is 0.0777. The Morgan fingerprint density at radius 1 is 1.13 bits per heavy atom. The van der Waals surface area contributed by atoms with Gasteiger partial charge in [-0.05, 0) is 56.6 Å². The van der Waals surface area contributed by atoms with Crippen LogP contribution < -0.4 is 10.1 Å². The number of amides is 2. The quantitative estimate of drug-likeness (QED) is 0.805. The number of nitrogens with one attached hydrogen (secondary N) is 1. The van der Waals surface area contributed by atoms with Crippen molar-refractivity contribution in [1.29, 1.82) is 0 Å². The van der Waals surface area contributed by atoms with Crippen LogP contribution in [0.4, 0.5) is 4.79 Å². The molecule has 1 aliphatic carbocycles. The zero-order valence-electron chi connectivity index (χ0n) is 18.4. The van der Waals surface area contributed by atoms with Crippen molar-refractivity contribution in [3.8, 4) is 5.75 Å². The third-order valence-corrected chi connectivity index (χ3v) is 6.83. The number of carbonyl (C=O) groups excluding carboxylic acids is 1. The zero-order valence-corrected chi connectivity index (χ0v) is 18.4. The minimum absolute atomic E-state index is 0.0777. The SMILES string of the molecule is CCc1ccc2c(cnn2C2CCN(C(=O)N[C@H]3CC[C@H](OC)CC3)CC2)c1OC. The summed E-state index contributed by atoms with van der Waals surface area (Å²) < 4.78 is 13.2. The molecule has 1 saturated carbocycles. The summed E-state index contributed by atoms with van der Waals surface area (Å²) in [7, 11) is 3.50. The average molecular weight is 415 g/mol. The van der Waals surface area contributed by atoms with E-state index < -0.39 is 0 Å². The van der Waals surface area contributed by atoms with Crippen LogP contribution in [0.15, 0.2) is 18.3 Å². The van der Waals surface area contributed by atoms with Crippen LogP contribution in [0.1, 0.15) is 57.1 Å². The Labute approximate surface area is 178 Å². The molecule has 0 unspecified atom stereocenters. The van der Waals surface area contributed by atoms with E-state index in [2.05, 4.69) is 34.2 Å². The highest BCUT2D eigenvalue weighted by Gasteiger charge is 2.28. The van der Waals surface area contributed by atoms with Gasteiger partial charge in [0.15, 0.2) is 0 Å². The van der Waals surface area contributed by atoms with E-state index in [4.69, 9.17) is 9.47 Å². The Bertz CT molecular complexity index is 865. The molecule has 2 amide bonds. The van der Waals surface area contributed by atoms with Gasteiger partial charge in [-0.15, -0.1) is 0 Å². The summed E-state index contributed by atoms with van der Waals surface area (Å²) in [5.41, 5.74) is 2.32. The number of aryl methyl sites for hydroxylation is 1. The molecule has 1 saturated heterocycles. The van der Waals surface area contributed by atoms with Gasteiger partial charge in [-0.25, -0.2) is 4.79 Å². The van der Waals surface area contributed by atoms with Crippen molar-refractivity contribution in [2.24, 2.45) is 0 Å². The normalized spacial score (nSPS) is 23.0. The van der Waals surface area contributed by atoms with Crippen molar-refractivity contribution in [2.45, 2.75) is 70.1 Å². The van der Waals surface area contributed by atoms with E-state index in [9.17, 15) is 4.79 Å². The molecule has 1 aromatic carbocycles. The van der Waals surface area contributed by atoms with Gasteiger partial charge in [-0.2, -0.15) is 5.10 Å². The number of likely N-dealkylation sites (tertiary alicyclic amines) is 1. The third-order valence-electron chi connectivity index (χ3n) is 6.83. The van der Waals surface area contributed by atoms with Crippen molar-refractivity contribution < 1.29 is 14.3 Å². The molecule has 30 heavy (non-hydrogen) atoms. The lowest BCUT2D eigenvalue weighted by atomic mass is 9.93. The molecule has 2 heterocycles. The molecule has 0 atom stereocenters. The summed E-state index contributed by atoms with van der Waals surface area (Å²) in [4.78, 5) is 14.7. The van der Waals surface area contributed by atoms with Gasteiger partial charge in [0.2, 0.25) is 0 Å². The molecule has 164 valence electrons. The van der Waals surface area contributed by atoms with E-state index in [1.807, 2.05) is 11.1 Å². The molecule has 0 spiro atoms. The van der Waals surface area contributed by atoms with Crippen LogP contribution in [-0.2, 0) is 11.2 Å². The smallest absolute Gasteiger partial charge is 0.317 e. The largest absolute Gasteiger partial charge is 0.496 e. The Kier molecular flexibility index (Phi) is 6.46. The predicted molar refractivity (Wildman–Crippen MR) is 117 cm³/mol. The molecule has 7 nitrogen and oxygen atoms in total. The van der Waals surface area contributed by atoms with E-state index >= 15 is 0 Å². The molecule has 1 N–H and O–H groups in total. The van der Waals surface area contributed by atoms with Crippen LogP contribution in [0.25, 0.3) is 10.9 Å². The summed E-state index contributed by atoms with van der Waals surface area (Å²) in [5, 5.41) is 8.99. The highest BCUT2D eigenvalue weighted by atomic mass is 16.5. The van der Waals surface area contributed by atoms with Crippen molar-refractivity contribution >= 4 is 16.9 Å². The van der Waals surface area contributed by atoms with E-state index in [-0.39, 0.29) is 12.1 Å². The molecule has 2 aromatic rings. The Morgan fingerprint density at radius 3 is 2.50 bits per heavy atom. The number of nitrogens with zero attached hydrogens (tertiary/aromatic N) is 3. The molecule has 2 fully saturated rings. The van der Waals surface area contributed by atoms with E-state index in [0.29, 0.717) is 12.1 Å². The Hall–Kier alpha value is -2.28. The van der Waals surface area contributed by atoms with Crippen molar-refractivity contribution in [1.82, 2.24) is 20.0 Å². The van der Waals surface area contributed by atoms with E-state index in [0.717, 1.165) is 74.7 Å². The maximum absolute atomic E-state index is 12.7. The standard InChI is InChI=1S/C23H34N4O3/c1-4-16-5-10-21-20(22(16)30-3)15-24-27(21)18-11-13-26(14-12-18)23(28)25-17-6-8-19(29-2)9-7-17/h5,10,15,17-19H,4,6-9,11-14H2,1-3H3,(H,25,28)/t17-,19-. The number of carbonyl (C=O) groups is 1. The fourth-order valence-electron chi connectivity index (χ4n) is 4.97. The monoisotopic (exact) mass is 414 g/mol. The molecule has 4 rings (SSSR count). The summed E-state index contributed by atoms with van der Waals surface area (Å²) in [6.45, 7) is 3.66. The first-order valence-electron chi connectivity index (χ1n) is 11.3. The number of hydrogen-bond donors (Lipinski definition) is 1. The molecule has 2 aliphatic rings. The van der Waals surface area contributed by atoms with Crippen molar-refractivity contribution in [3.63, 3.8) is 0 Å². The topological polar surface area (TPSA) is 68.6 Å². The molecule has 0 bridgehead atoms. The van der Waals surface area contributed by atoms with Crippen LogP contribution >= 0.6 is 0 Å². The van der Waals surface area contributed by atoms with E-state index in [1.165, 1.54) is 5.56 Å². The lowest BCUT2D eigenvalue weighted by Gasteiger charge is -2.35. The molecule has 7 heteroatoms. The van der Waals surface area contributed by atoms with Gasteiger partial charge >= 0.3 is 6.03 Å². The summed E-state index contributed by atoms with van der Waals surface area (Å²) in [6.07, 6.45) is 9.09. The van der Waals surface area contributed by atoms with Crippen LogP contribution in [-0.4, -0.2) is 60.2 Å². The number of benzene rings is 1. The summed E-state index contributed by atoms with van der Waals surface area (Å²) in [5.74, 6) is 0.932. The number of ether oxygens (including phenoxy) is 2. The van der Waals surface area contributed by atoms with Crippen LogP contribution in [0.2, 0.25) is 0 Å². The maximum atomic E-state index is 12.7. The molecular formula is C23H34N4O3. The highest BCUT2D eigenvalue weighted by molar-refractivity contribution is 5.86. The molecule has 1 aliphatic heterocycles. The van der Waals surface area contributed by atoms with Crippen molar-refractivity contribution in [2.75, 3.05) is 27.3 Å². The highest BCUT2D eigenvalue weighted by Crippen LogP contribution is 2.33. The third kappa shape index (κ3) is 4.13. The fourth-order valence-corrected chi connectivity index (χ4v) is 4.97. The van der Waals surface area contributed by atoms with Gasteiger partial charge in [-0.1, -0.05) is 13.0 Å². The van der Waals surface area contributed by atoms with E-state index in [1.54, 1.807) is 14.2 Å². The number of hydrogen-bond acceptors (Lipinski definition) is 4. The van der Waals surface area contributed by atoms with Crippen LogP contribution in [0.3, 0.4) is 0 Å². The second-order valence-corrected chi connectivity index (χ2v) is 8.51. The summed E-state index contributed by atoms with van der Waals surface area (Å²) in [6, 6.07) is 4.95. The zero-order chi connectivity index (χ0) is 21.1. The first kappa shape index (κ1) is 21.0. The Balaban J connectivity index is 1.36. The van der Waals surface area contributed by atoms with Gasteiger partial charge in [-0.3, -0.25) is 4.68 Å². The first-order valence-corrected chi connectivity index (χ1v) is 11.3. The number of urea groups is 1. The average Bonchev–Trinajstić information content (AvgIpc) is 3.23. The maximum Gasteiger partial charge on any atom is 0.317 e. The second-order valence-electron chi connectivity index (χ2n) is 8.51. The summed E-state index contributed by atoms with van der Waals surface area (Å²) >= 11 is 0. The lowest BCUT2D eigenvalue weighted by molar-refractivity contribution is 0.0624. The van der Waals surface area contributed by atoms with Gasteiger partial charge in [0, 0.05) is 26.2 Å². The predicted octanol–water partition coefficient (Wildman–Crippen LogP) is 3.91. The van der Waals surface area contributed by atoms with Crippen LogP contribution in [0.5, 0.6) is 5.75 Å². The molecule has 1 aromatic heterocycles. The number of piperidine rings is 1. The lowest BCUT2D eigenvalue weighted by Crippen LogP contribution is -2.49. The van der Waals surface area contributed by atoms with Crippen LogP contribution in [0, 0.1) is 0 Å². The number of rotatable bonds is 5. The number of methoxy groups -OCH3 is 2. The van der Waals surface area contributed by atoms with Crippen molar-refractivity contribution in [3.05, 3.63) is 23.9 Å². The minimum Gasteiger partial charge on any atom is -0.496 e. The number of fused-ring (bicyclic) bond motifs is 1. The van der Waals surface area contributed by atoms with Gasteiger partial charge < -0.3 is 19.7 Å². The molecular weight excluding hydrogens is 380 g/mol. The first-order chi connectivity index (χ1) is 14.6. The molecule has 0 radical (unpaired) electrons. The van der Waals surface area contributed by atoms with Gasteiger partial charge in [0.1, 0.15) is 5.75 Å². The Morgan fingerprint density at radius 2 is 1.87 bits per heavy atom. The fraction of sp³-hybridized carbons (Fsp3) is 0.652. The van der Waals surface area contributed by atoms with Gasteiger partial charge in [0.25, 0.3) is 0 Å². The second kappa shape index (κ2) is 9.25.